The first-order valence-electron chi connectivity index (χ1n) is 23.3. The Morgan fingerprint density at radius 3 is 1.16 bits per heavy atom. The molecular weight excluding hydrogens is 713 g/mol. The van der Waals surface area contributed by atoms with Gasteiger partial charge in [-0.15, -0.1) is 0 Å². The van der Waals surface area contributed by atoms with Gasteiger partial charge in [0.2, 0.25) is 0 Å². The monoisotopic (exact) mass is 805 g/mol. The molecule has 10 heteroatoms. The second kappa shape index (κ2) is 38.5. The summed E-state index contributed by atoms with van der Waals surface area (Å²) in [7, 11) is 1.49. The lowest BCUT2D eigenvalue weighted by atomic mass is 10.0. The number of hydrogen-bond donors (Lipinski definition) is 1. The summed E-state index contributed by atoms with van der Waals surface area (Å²) in [5.41, 5.74) is 0. The van der Waals surface area contributed by atoms with Gasteiger partial charge in [0.05, 0.1) is 27.7 Å². The quantitative estimate of drug-likeness (QED) is 0.0281. The lowest BCUT2D eigenvalue weighted by molar-refractivity contribution is -0.870. The highest BCUT2D eigenvalue weighted by Crippen LogP contribution is 2.43. The van der Waals surface area contributed by atoms with Crippen molar-refractivity contribution in [3.05, 3.63) is 0 Å². The molecule has 2 unspecified atom stereocenters. The number of phosphoric acid groups is 1. The molecule has 2 atom stereocenters. The lowest BCUT2D eigenvalue weighted by Gasteiger charge is -2.24. The van der Waals surface area contributed by atoms with E-state index in [0.29, 0.717) is 17.4 Å². The van der Waals surface area contributed by atoms with Crippen LogP contribution in [-0.2, 0) is 32.7 Å². The van der Waals surface area contributed by atoms with Crippen LogP contribution in [-0.4, -0.2) is 74.9 Å². The number of hydrogen-bond acceptors (Lipinski definition) is 7. The van der Waals surface area contributed by atoms with Crippen molar-refractivity contribution in [1.82, 2.24) is 0 Å². The zero-order valence-corrected chi connectivity index (χ0v) is 37.8. The van der Waals surface area contributed by atoms with Crippen molar-refractivity contribution in [3.8, 4) is 0 Å². The van der Waals surface area contributed by atoms with Crippen LogP contribution in [0.3, 0.4) is 0 Å². The van der Waals surface area contributed by atoms with Gasteiger partial charge in [-0.1, -0.05) is 200 Å². The smallest absolute Gasteiger partial charge is 0.462 e. The van der Waals surface area contributed by atoms with Crippen LogP contribution in [0.2, 0.25) is 0 Å². The fraction of sp³-hybridized carbons (Fsp3) is 0.956. The minimum atomic E-state index is -4.37. The molecule has 0 heterocycles. The Kier molecular flexibility index (Phi) is 37.8. The van der Waals surface area contributed by atoms with Crippen molar-refractivity contribution in [2.45, 2.75) is 232 Å². The van der Waals surface area contributed by atoms with Gasteiger partial charge in [0.25, 0.3) is 0 Å². The van der Waals surface area contributed by atoms with Crippen molar-refractivity contribution < 1.29 is 42.1 Å². The molecule has 0 saturated carbocycles. The molecule has 1 N–H and O–H groups in total. The Bertz CT molecular complexity index is 912. The van der Waals surface area contributed by atoms with E-state index in [4.69, 9.17) is 18.5 Å². The average Bonchev–Trinajstić information content (AvgIpc) is 3.13. The normalized spacial score (nSPS) is 13.5. The van der Waals surface area contributed by atoms with E-state index in [1.807, 2.05) is 21.1 Å². The molecule has 0 aliphatic carbocycles. The average molecular weight is 805 g/mol. The van der Waals surface area contributed by atoms with Gasteiger partial charge in [-0.2, -0.15) is 0 Å². The lowest BCUT2D eigenvalue weighted by Crippen LogP contribution is -2.37. The Morgan fingerprint density at radius 1 is 0.491 bits per heavy atom. The van der Waals surface area contributed by atoms with Crippen LogP contribution < -0.4 is 0 Å². The maximum Gasteiger partial charge on any atom is 0.472 e. The van der Waals surface area contributed by atoms with Crippen molar-refractivity contribution in [1.29, 1.82) is 0 Å². The van der Waals surface area contributed by atoms with E-state index in [2.05, 4.69) is 13.8 Å². The molecule has 0 spiro atoms. The molecule has 0 aromatic rings. The first kappa shape index (κ1) is 54.0. The Morgan fingerprint density at radius 2 is 0.818 bits per heavy atom. The number of nitrogens with zero attached hydrogens (tertiary/aromatic N) is 1. The molecule has 0 fully saturated rings. The summed E-state index contributed by atoms with van der Waals surface area (Å²) in [6.45, 7) is 4.46. The molecule has 0 rings (SSSR count). The van der Waals surface area contributed by atoms with E-state index in [9.17, 15) is 19.0 Å². The van der Waals surface area contributed by atoms with E-state index in [1.54, 1.807) is 0 Å². The summed E-state index contributed by atoms with van der Waals surface area (Å²) >= 11 is 0. The largest absolute Gasteiger partial charge is 0.472 e. The van der Waals surface area contributed by atoms with E-state index in [0.717, 1.165) is 38.5 Å². The first-order chi connectivity index (χ1) is 26.5. The number of phosphoric ester groups is 1. The summed E-state index contributed by atoms with van der Waals surface area (Å²) in [6, 6.07) is 0. The van der Waals surface area contributed by atoms with Crippen molar-refractivity contribution in [3.63, 3.8) is 0 Å². The van der Waals surface area contributed by atoms with E-state index < -0.39 is 26.5 Å². The van der Waals surface area contributed by atoms with Crippen LogP contribution in [0.25, 0.3) is 0 Å². The zero-order valence-electron chi connectivity index (χ0n) is 36.9. The number of rotatable bonds is 43. The number of ether oxygens (including phenoxy) is 2. The SMILES string of the molecule is CCCCCCCCCCCCCCCCCCCCC(=O)OCC(COP(=O)(O)OCC[N+](C)(C)C)OC(=O)CCCCCCCCCCCCCCC. The molecule has 9 nitrogen and oxygen atoms in total. The van der Waals surface area contributed by atoms with Crippen molar-refractivity contribution in [2.24, 2.45) is 0 Å². The molecule has 0 aliphatic rings. The highest BCUT2D eigenvalue weighted by Gasteiger charge is 2.27. The molecule has 55 heavy (non-hydrogen) atoms. The standard InChI is InChI=1S/C45H90NO8P/c1-6-8-10-12-14-16-18-20-21-22-23-24-26-27-29-31-33-35-37-44(47)51-41-43(42-53-55(49,50)52-40-39-46(3,4)5)54-45(48)38-36-34-32-30-28-25-19-17-15-13-11-9-7-2/h43H,6-42H2,1-5H3/p+1. The van der Waals surface area contributed by atoms with Gasteiger partial charge in [-0.3, -0.25) is 18.6 Å². The molecule has 0 radical (unpaired) electrons. The summed E-state index contributed by atoms with van der Waals surface area (Å²) in [5, 5.41) is 0. The number of quaternary nitrogens is 1. The van der Waals surface area contributed by atoms with E-state index in [-0.39, 0.29) is 25.6 Å². The minimum absolute atomic E-state index is 0.0369. The molecule has 0 aromatic carbocycles. The zero-order chi connectivity index (χ0) is 40.7. The topological polar surface area (TPSA) is 108 Å². The summed E-state index contributed by atoms with van der Waals surface area (Å²) in [4.78, 5) is 35.4. The van der Waals surface area contributed by atoms with Gasteiger partial charge in [0, 0.05) is 12.8 Å². The van der Waals surface area contributed by atoms with Crippen LogP contribution >= 0.6 is 7.82 Å². The van der Waals surface area contributed by atoms with E-state index in [1.165, 1.54) is 161 Å². The van der Waals surface area contributed by atoms with Gasteiger partial charge in [-0.05, 0) is 12.8 Å². The van der Waals surface area contributed by atoms with Crippen LogP contribution in [0.15, 0.2) is 0 Å². The molecule has 0 amide bonds. The Balaban J connectivity index is 4.25. The van der Waals surface area contributed by atoms with Crippen molar-refractivity contribution >= 4 is 19.8 Å². The molecule has 0 aliphatic heterocycles. The highest BCUT2D eigenvalue weighted by molar-refractivity contribution is 7.47. The molecule has 0 aromatic heterocycles. The van der Waals surface area contributed by atoms with Crippen LogP contribution in [0, 0.1) is 0 Å². The van der Waals surface area contributed by atoms with Gasteiger partial charge in [0.15, 0.2) is 6.10 Å². The third-order valence-corrected chi connectivity index (χ3v) is 11.4. The predicted octanol–water partition coefficient (Wildman–Crippen LogP) is 13.2. The Labute approximate surface area is 340 Å². The molecule has 0 bridgehead atoms. The number of esters is 2. The first-order valence-corrected chi connectivity index (χ1v) is 24.8. The number of carbonyl (C=O) groups is 2. The number of likely N-dealkylation sites (N-methyl/N-ethyl adjacent to an activating group) is 1. The van der Waals surface area contributed by atoms with Gasteiger partial charge >= 0.3 is 19.8 Å². The second-order valence-corrected chi connectivity index (χ2v) is 18.6. The van der Waals surface area contributed by atoms with Crippen LogP contribution in [0.5, 0.6) is 0 Å². The maximum absolute atomic E-state index is 12.7. The minimum Gasteiger partial charge on any atom is -0.462 e. The third-order valence-electron chi connectivity index (χ3n) is 10.4. The van der Waals surface area contributed by atoms with Gasteiger partial charge < -0.3 is 18.9 Å². The Hall–Kier alpha value is -0.990. The predicted molar refractivity (Wildman–Crippen MR) is 229 cm³/mol. The summed E-state index contributed by atoms with van der Waals surface area (Å²) < 4.78 is 34.3. The maximum atomic E-state index is 12.7. The van der Waals surface area contributed by atoms with Crippen LogP contribution in [0.4, 0.5) is 0 Å². The van der Waals surface area contributed by atoms with Crippen molar-refractivity contribution in [2.75, 3.05) is 47.5 Å². The number of unbranched alkanes of at least 4 members (excludes halogenated alkanes) is 29. The van der Waals surface area contributed by atoms with Gasteiger partial charge in [-0.25, -0.2) is 4.57 Å². The fourth-order valence-electron chi connectivity index (χ4n) is 6.72. The van der Waals surface area contributed by atoms with E-state index >= 15 is 0 Å². The number of carbonyl (C=O) groups excluding carboxylic acids is 2. The summed E-state index contributed by atoms with van der Waals surface area (Å²) in [6.07, 6.45) is 38.6. The van der Waals surface area contributed by atoms with Gasteiger partial charge in [0.1, 0.15) is 19.8 Å². The third kappa shape index (κ3) is 42.4. The highest BCUT2D eigenvalue weighted by atomic mass is 31.2. The summed E-state index contributed by atoms with van der Waals surface area (Å²) in [5.74, 6) is -0.782. The molecule has 328 valence electrons. The molecule has 0 saturated heterocycles. The second-order valence-electron chi connectivity index (χ2n) is 17.2. The molecular formula is C45H91NO8P+. The van der Waals surface area contributed by atoms with Crippen LogP contribution in [0.1, 0.15) is 226 Å². The fourth-order valence-corrected chi connectivity index (χ4v) is 7.46.